The molecule has 0 radical (unpaired) electrons. The average Bonchev–Trinajstić information content (AvgIpc) is 3.17. The maximum atomic E-state index is 12.6. The zero-order valence-corrected chi connectivity index (χ0v) is 20.8. The molecule has 1 N–H and O–H groups in total. The molecule has 0 bridgehead atoms. The van der Waals surface area contributed by atoms with Crippen LogP contribution in [0.4, 0.5) is 5.69 Å². The van der Waals surface area contributed by atoms with Crippen molar-refractivity contribution in [1.82, 2.24) is 4.57 Å². The van der Waals surface area contributed by atoms with Crippen molar-refractivity contribution in [3.8, 4) is 11.5 Å². The van der Waals surface area contributed by atoms with E-state index in [2.05, 4.69) is 5.32 Å². The summed E-state index contributed by atoms with van der Waals surface area (Å²) in [5, 5.41) is 2.72. The van der Waals surface area contributed by atoms with E-state index < -0.39 is 5.97 Å². The molecule has 0 aliphatic carbocycles. The normalized spacial score (nSPS) is 10.6. The van der Waals surface area contributed by atoms with Gasteiger partial charge >= 0.3 is 5.97 Å². The van der Waals surface area contributed by atoms with E-state index in [1.54, 1.807) is 56.7 Å². The van der Waals surface area contributed by atoms with E-state index in [9.17, 15) is 14.4 Å². The van der Waals surface area contributed by atoms with Gasteiger partial charge < -0.3 is 28.8 Å². The minimum absolute atomic E-state index is 0.210. The Morgan fingerprint density at radius 3 is 2.36 bits per heavy atom. The van der Waals surface area contributed by atoms with Crippen LogP contribution in [0.2, 0.25) is 0 Å². The molecule has 1 heterocycles. The van der Waals surface area contributed by atoms with Crippen molar-refractivity contribution in [2.75, 3.05) is 39.4 Å². The third kappa shape index (κ3) is 6.96. The quantitative estimate of drug-likeness (QED) is 0.301. The van der Waals surface area contributed by atoms with Gasteiger partial charge in [0, 0.05) is 42.4 Å². The van der Waals surface area contributed by atoms with E-state index in [-0.39, 0.29) is 30.5 Å². The molecule has 1 aromatic heterocycles. The lowest BCUT2D eigenvalue weighted by Gasteiger charge is -2.10. The molecule has 190 valence electrons. The van der Waals surface area contributed by atoms with Crippen molar-refractivity contribution in [2.45, 2.75) is 20.4 Å². The number of amides is 1. The number of carbonyl (C=O) groups is 3. The highest BCUT2D eigenvalue weighted by Crippen LogP contribution is 2.18. The van der Waals surface area contributed by atoms with Crippen molar-refractivity contribution < 1.29 is 33.3 Å². The molecule has 2 aromatic carbocycles. The van der Waals surface area contributed by atoms with Gasteiger partial charge in [-0.2, -0.15) is 0 Å². The molecule has 36 heavy (non-hydrogen) atoms. The summed E-state index contributed by atoms with van der Waals surface area (Å²) < 4.78 is 22.9. The van der Waals surface area contributed by atoms with Crippen LogP contribution in [0.1, 0.15) is 32.1 Å². The van der Waals surface area contributed by atoms with E-state index in [4.69, 9.17) is 18.9 Å². The summed E-state index contributed by atoms with van der Waals surface area (Å²) in [6, 6.07) is 14.9. The standard InChI is InChI=1S/C27H30N2O7/c1-18-14-24(19(2)29(18)12-13-33-3)25(30)16-36-27(32)20-8-10-22(11-9-20)35-17-26(31)28-21-6-5-7-23(15-21)34-4/h5-11,14-15H,12-13,16-17H2,1-4H3,(H,28,31). The fraction of sp³-hybridized carbons (Fsp3) is 0.296. The van der Waals surface area contributed by atoms with E-state index in [1.165, 1.54) is 12.1 Å². The second-order valence-corrected chi connectivity index (χ2v) is 8.02. The molecule has 9 nitrogen and oxygen atoms in total. The molecule has 0 spiro atoms. The SMILES string of the molecule is COCCn1c(C)cc(C(=O)COC(=O)c2ccc(OCC(=O)Nc3cccc(OC)c3)cc2)c1C. The third-order valence-electron chi connectivity index (χ3n) is 5.54. The molecule has 0 atom stereocenters. The van der Waals surface area contributed by atoms with Crippen LogP contribution in [-0.4, -0.2) is 56.3 Å². The van der Waals surface area contributed by atoms with Gasteiger partial charge in [0.2, 0.25) is 5.78 Å². The Bertz CT molecular complexity index is 1220. The van der Waals surface area contributed by atoms with Gasteiger partial charge in [-0.3, -0.25) is 9.59 Å². The summed E-state index contributed by atoms with van der Waals surface area (Å²) in [7, 11) is 3.17. The van der Waals surface area contributed by atoms with Crippen LogP contribution < -0.4 is 14.8 Å². The van der Waals surface area contributed by atoms with Crippen LogP contribution in [-0.2, 0) is 20.8 Å². The monoisotopic (exact) mass is 494 g/mol. The highest BCUT2D eigenvalue weighted by Gasteiger charge is 2.18. The summed E-state index contributed by atoms with van der Waals surface area (Å²) in [6.07, 6.45) is 0. The number of carbonyl (C=O) groups excluding carboxylic acids is 3. The Labute approximate surface area is 209 Å². The Kier molecular flexibility index (Phi) is 9.24. The third-order valence-corrected chi connectivity index (χ3v) is 5.54. The maximum Gasteiger partial charge on any atom is 0.338 e. The van der Waals surface area contributed by atoms with Crippen molar-refractivity contribution in [2.24, 2.45) is 0 Å². The number of anilines is 1. The number of ketones is 1. The molecule has 0 aliphatic rings. The largest absolute Gasteiger partial charge is 0.497 e. The number of benzene rings is 2. The molecule has 0 saturated carbocycles. The number of hydrogen-bond donors (Lipinski definition) is 1. The lowest BCUT2D eigenvalue weighted by Crippen LogP contribution is -2.20. The first-order valence-electron chi connectivity index (χ1n) is 11.3. The van der Waals surface area contributed by atoms with Gasteiger partial charge in [0.15, 0.2) is 13.2 Å². The molecule has 9 heteroatoms. The van der Waals surface area contributed by atoms with E-state index >= 15 is 0 Å². The van der Waals surface area contributed by atoms with E-state index in [1.807, 2.05) is 18.4 Å². The van der Waals surface area contributed by atoms with Gasteiger partial charge in [-0.1, -0.05) is 6.07 Å². The van der Waals surface area contributed by atoms with E-state index in [0.717, 1.165) is 11.4 Å². The summed E-state index contributed by atoms with van der Waals surface area (Å²) in [6.45, 7) is 4.36. The first-order chi connectivity index (χ1) is 17.3. The second-order valence-electron chi connectivity index (χ2n) is 8.02. The molecular weight excluding hydrogens is 464 g/mol. The van der Waals surface area contributed by atoms with Gasteiger partial charge in [0.1, 0.15) is 11.5 Å². The number of ether oxygens (including phenoxy) is 4. The predicted octanol–water partition coefficient (Wildman–Crippen LogP) is 3.82. The number of esters is 1. The van der Waals surface area contributed by atoms with Crippen molar-refractivity contribution in [3.05, 3.63) is 77.1 Å². The van der Waals surface area contributed by atoms with Crippen LogP contribution in [0, 0.1) is 13.8 Å². The number of methoxy groups -OCH3 is 2. The fourth-order valence-corrected chi connectivity index (χ4v) is 3.64. The first-order valence-corrected chi connectivity index (χ1v) is 11.3. The lowest BCUT2D eigenvalue weighted by atomic mass is 10.1. The highest BCUT2D eigenvalue weighted by molar-refractivity contribution is 6.00. The Morgan fingerprint density at radius 1 is 0.917 bits per heavy atom. The lowest BCUT2D eigenvalue weighted by molar-refractivity contribution is -0.118. The fourth-order valence-electron chi connectivity index (χ4n) is 3.64. The van der Waals surface area contributed by atoms with Crippen LogP contribution in [0.15, 0.2) is 54.6 Å². The number of nitrogens with one attached hydrogen (secondary N) is 1. The van der Waals surface area contributed by atoms with Crippen LogP contribution >= 0.6 is 0 Å². The summed E-state index contributed by atoms with van der Waals surface area (Å²) >= 11 is 0. The van der Waals surface area contributed by atoms with Crippen molar-refractivity contribution in [1.29, 1.82) is 0 Å². The van der Waals surface area contributed by atoms with Gasteiger partial charge in [-0.25, -0.2) is 4.79 Å². The summed E-state index contributed by atoms with van der Waals surface area (Å²) in [5.74, 6) is -0.205. The molecule has 3 rings (SSSR count). The van der Waals surface area contributed by atoms with Gasteiger partial charge in [0.25, 0.3) is 5.91 Å². The van der Waals surface area contributed by atoms with Crippen LogP contribution in [0.5, 0.6) is 11.5 Å². The number of aryl methyl sites for hydroxylation is 1. The van der Waals surface area contributed by atoms with Gasteiger partial charge in [0.05, 0.1) is 19.3 Å². The number of Topliss-reactive ketones (excluding diaryl/α,β-unsaturated/α-hetero) is 1. The van der Waals surface area contributed by atoms with Crippen LogP contribution in [0.25, 0.3) is 0 Å². The second kappa shape index (κ2) is 12.6. The predicted molar refractivity (Wildman–Crippen MR) is 134 cm³/mol. The topological polar surface area (TPSA) is 105 Å². The van der Waals surface area contributed by atoms with Gasteiger partial charge in [-0.05, 0) is 56.3 Å². The first kappa shape index (κ1) is 26.5. The average molecular weight is 495 g/mol. The number of rotatable bonds is 12. The smallest absolute Gasteiger partial charge is 0.338 e. The maximum absolute atomic E-state index is 12.6. The number of aromatic nitrogens is 1. The molecule has 3 aromatic rings. The Balaban J connectivity index is 1.49. The number of nitrogens with zero attached hydrogens (tertiary/aromatic N) is 1. The molecule has 0 unspecified atom stereocenters. The zero-order valence-electron chi connectivity index (χ0n) is 20.8. The zero-order chi connectivity index (χ0) is 26.1. The van der Waals surface area contributed by atoms with E-state index in [0.29, 0.717) is 35.9 Å². The highest BCUT2D eigenvalue weighted by atomic mass is 16.5. The van der Waals surface area contributed by atoms with Crippen molar-refractivity contribution >= 4 is 23.3 Å². The Morgan fingerprint density at radius 2 is 1.67 bits per heavy atom. The Hall–Kier alpha value is -4.11. The minimum Gasteiger partial charge on any atom is -0.497 e. The molecule has 0 saturated heterocycles. The molecule has 0 aliphatic heterocycles. The van der Waals surface area contributed by atoms with Crippen molar-refractivity contribution in [3.63, 3.8) is 0 Å². The van der Waals surface area contributed by atoms with Gasteiger partial charge in [-0.15, -0.1) is 0 Å². The number of hydrogen-bond acceptors (Lipinski definition) is 7. The minimum atomic E-state index is -0.626. The molecule has 1 amide bonds. The summed E-state index contributed by atoms with van der Waals surface area (Å²) in [5.41, 5.74) is 3.12. The van der Waals surface area contributed by atoms with Crippen LogP contribution in [0.3, 0.4) is 0 Å². The summed E-state index contributed by atoms with van der Waals surface area (Å²) in [4.78, 5) is 37.2. The molecular formula is C27H30N2O7. The molecule has 0 fully saturated rings.